The fourth-order valence-corrected chi connectivity index (χ4v) is 3.33. The van der Waals surface area contributed by atoms with E-state index in [1.807, 2.05) is 54.0 Å². The van der Waals surface area contributed by atoms with Gasteiger partial charge >= 0.3 is 0 Å². The first-order valence-electron chi connectivity index (χ1n) is 9.26. The molecule has 8 nitrogen and oxygen atoms in total. The minimum atomic E-state index is -0.118. The van der Waals surface area contributed by atoms with Gasteiger partial charge in [0.2, 0.25) is 5.91 Å². The van der Waals surface area contributed by atoms with Gasteiger partial charge in [0.25, 0.3) is 0 Å². The van der Waals surface area contributed by atoms with E-state index in [0.717, 1.165) is 22.2 Å². The van der Waals surface area contributed by atoms with Gasteiger partial charge in [-0.25, -0.2) is 0 Å². The second kappa shape index (κ2) is 8.27. The van der Waals surface area contributed by atoms with Gasteiger partial charge in [0.05, 0.1) is 24.0 Å². The molecule has 0 aliphatic rings. The van der Waals surface area contributed by atoms with Crippen molar-refractivity contribution in [1.82, 2.24) is 25.0 Å². The third-order valence-corrected chi connectivity index (χ3v) is 4.81. The number of hydrogen-bond acceptors (Lipinski definition) is 5. The van der Waals surface area contributed by atoms with Gasteiger partial charge in [0, 0.05) is 23.9 Å². The molecule has 0 spiro atoms. The monoisotopic (exact) mass is 408 g/mol. The Morgan fingerprint density at radius 2 is 2.03 bits per heavy atom. The molecule has 148 valence electrons. The molecule has 0 saturated heterocycles. The first-order chi connectivity index (χ1) is 14.2. The number of nitrogens with zero attached hydrogens (tertiary/aromatic N) is 3. The lowest BCUT2D eigenvalue weighted by atomic mass is 10.2. The molecule has 0 aliphatic carbocycles. The summed E-state index contributed by atoms with van der Waals surface area (Å²) in [6.45, 7) is 2.96. The number of hydrogen-bond donors (Lipinski definition) is 3. The topological polar surface area (TPSA) is 101 Å². The molecule has 29 heavy (non-hydrogen) atoms. The average Bonchev–Trinajstić information content (AvgIpc) is 3.35. The van der Waals surface area contributed by atoms with Crippen molar-refractivity contribution in [3.8, 4) is 17.1 Å². The van der Waals surface area contributed by atoms with E-state index in [4.69, 9.17) is 17.0 Å². The molecule has 0 radical (unpaired) electrons. The van der Waals surface area contributed by atoms with Crippen LogP contribution in [0.4, 0.5) is 5.69 Å². The van der Waals surface area contributed by atoms with E-state index in [1.165, 1.54) is 0 Å². The van der Waals surface area contributed by atoms with Crippen LogP contribution in [0.3, 0.4) is 0 Å². The molecule has 0 aliphatic heterocycles. The van der Waals surface area contributed by atoms with Crippen LogP contribution in [-0.4, -0.2) is 37.5 Å². The lowest BCUT2D eigenvalue weighted by Crippen LogP contribution is -2.15. The fourth-order valence-electron chi connectivity index (χ4n) is 3.11. The smallest absolute Gasteiger partial charge is 0.226 e. The predicted molar refractivity (Wildman–Crippen MR) is 113 cm³/mol. The number of benzene rings is 2. The molecule has 2 heterocycles. The summed E-state index contributed by atoms with van der Waals surface area (Å²) >= 11 is 5.35. The summed E-state index contributed by atoms with van der Waals surface area (Å²) in [6, 6.07) is 13.3. The lowest BCUT2D eigenvalue weighted by Gasteiger charge is -2.09. The molecule has 1 amide bonds. The number of aromatic nitrogens is 5. The third kappa shape index (κ3) is 4.04. The van der Waals surface area contributed by atoms with E-state index < -0.39 is 0 Å². The van der Waals surface area contributed by atoms with Gasteiger partial charge < -0.3 is 10.1 Å². The third-order valence-electron chi connectivity index (χ3n) is 4.50. The van der Waals surface area contributed by atoms with E-state index >= 15 is 0 Å². The van der Waals surface area contributed by atoms with Gasteiger partial charge in [-0.2, -0.15) is 10.2 Å². The Bertz CT molecular complexity index is 1190. The number of amides is 1. The molecule has 3 N–H and O–H groups in total. The number of H-pyrrole nitrogens is 2. The van der Waals surface area contributed by atoms with Crippen LogP contribution in [0.5, 0.6) is 5.75 Å². The van der Waals surface area contributed by atoms with Crippen LogP contribution in [0.25, 0.3) is 22.3 Å². The van der Waals surface area contributed by atoms with Gasteiger partial charge in [-0.3, -0.25) is 19.6 Å². The normalized spacial score (nSPS) is 10.9. The van der Waals surface area contributed by atoms with Crippen LogP contribution in [0.2, 0.25) is 0 Å². The number of anilines is 1. The van der Waals surface area contributed by atoms with Gasteiger partial charge in [-0.1, -0.05) is 12.1 Å². The van der Waals surface area contributed by atoms with Gasteiger partial charge in [-0.15, -0.1) is 0 Å². The number of fused-ring (bicyclic) bond motifs is 1. The highest BCUT2D eigenvalue weighted by atomic mass is 32.1. The Kier molecular flexibility index (Phi) is 5.39. The summed E-state index contributed by atoms with van der Waals surface area (Å²) in [5, 5.41) is 17.9. The molecule has 0 saturated carbocycles. The van der Waals surface area contributed by atoms with Crippen molar-refractivity contribution in [2.75, 3.05) is 11.9 Å². The Morgan fingerprint density at radius 3 is 2.83 bits per heavy atom. The highest BCUT2D eigenvalue weighted by Gasteiger charge is 2.12. The molecule has 0 atom stereocenters. The number of carbonyl (C=O) groups excluding carboxylic acids is 1. The SMILES string of the molecule is CCOc1ccc(-c2n[nH]c(=S)n2CCC(=O)Nc2cccc3cn[nH]c23)cc1. The Labute approximate surface area is 171 Å². The van der Waals surface area contributed by atoms with Crippen molar-refractivity contribution in [2.45, 2.75) is 19.9 Å². The maximum atomic E-state index is 12.5. The van der Waals surface area contributed by atoms with Crippen molar-refractivity contribution >= 4 is 34.7 Å². The van der Waals surface area contributed by atoms with Crippen LogP contribution in [-0.2, 0) is 11.3 Å². The molecule has 0 fully saturated rings. The molecular weight excluding hydrogens is 388 g/mol. The first-order valence-corrected chi connectivity index (χ1v) is 9.67. The van der Waals surface area contributed by atoms with Gasteiger partial charge in [-0.05, 0) is 49.5 Å². The van der Waals surface area contributed by atoms with E-state index in [0.29, 0.717) is 29.4 Å². The van der Waals surface area contributed by atoms with Crippen LogP contribution in [0.1, 0.15) is 13.3 Å². The quantitative estimate of drug-likeness (QED) is 0.403. The summed E-state index contributed by atoms with van der Waals surface area (Å²) in [5.41, 5.74) is 2.40. The molecule has 4 rings (SSSR count). The number of ether oxygens (including phenoxy) is 1. The standard InChI is InChI=1S/C20H20N6O2S/c1-2-28-15-8-6-13(7-9-15)19-24-25-20(29)26(19)11-10-17(27)22-16-5-3-4-14-12-21-23-18(14)16/h3-9,12H,2,10-11H2,1H3,(H,21,23)(H,22,27)(H,25,29). The highest BCUT2D eigenvalue weighted by Crippen LogP contribution is 2.22. The fraction of sp³-hybridized carbons (Fsp3) is 0.200. The molecule has 2 aromatic carbocycles. The maximum Gasteiger partial charge on any atom is 0.226 e. The zero-order valence-corrected chi connectivity index (χ0v) is 16.6. The Morgan fingerprint density at radius 1 is 1.21 bits per heavy atom. The van der Waals surface area contributed by atoms with E-state index in [-0.39, 0.29) is 12.3 Å². The van der Waals surface area contributed by atoms with Crippen LogP contribution in [0, 0.1) is 4.77 Å². The van der Waals surface area contributed by atoms with Gasteiger partial charge in [0.15, 0.2) is 10.6 Å². The maximum absolute atomic E-state index is 12.5. The minimum absolute atomic E-state index is 0.118. The van der Waals surface area contributed by atoms with E-state index in [1.54, 1.807) is 6.20 Å². The molecule has 4 aromatic rings. The number of para-hydroxylation sites is 1. The van der Waals surface area contributed by atoms with Crippen molar-refractivity contribution in [2.24, 2.45) is 0 Å². The summed E-state index contributed by atoms with van der Waals surface area (Å²) < 4.78 is 7.77. The predicted octanol–water partition coefficient (Wildman–Crippen LogP) is 3.91. The molecule has 0 bridgehead atoms. The van der Waals surface area contributed by atoms with Crippen molar-refractivity contribution < 1.29 is 9.53 Å². The second-order valence-corrected chi connectivity index (χ2v) is 6.79. The summed E-state index contributed by atoms with van der Waals surface area (Å²) in [7, 11) is 0. The number of carbonyl (C=O) groups is 1. The van der Waals surface area contributed by atoms with Crippen molar-refractivity contribution in [1.29, 1.82) is 0 Å². The zero-order chi connectivity index (χ0) is 20.2. The van der Waals surface area contributed by atoms with E-state index in [9.17, 15) is 4.79 Å². The van der Waals surface area contributed by atoms with Crippen molar-refractivity contribution in [3.63, 3.8) is 0 Å². The summed E-state index contributed by atoms with van der Waals surface area (Å²) in [6.07, 6.45) is 1.97. The molecule has 9 heteroatoms. The zero-order valence-electron chi connectivity index (χ0n) is 15.8. The second-order valence-electron chi connectivity index (χ2n) is 6.40. The minimum Gasteiger partial charge on any atom is -0.494 e. The average molecular weight is 408 g/mol. The lowest BCUT2D eigenvalue weighted by molar-refractivity contribution is -0.116. The summed E-state index contributed by atoms with van der Waals surface area (Å²) in [5.74, 6) is 1.36. The number of nitrogens with one attached hydrogen (secondary N) is 3. The van der Waals surface area contributed by atoms with Gasteiger partial charge in [0.1, 0.15) is 5.75 Å². The van der Waals surface area contributed by atoms with E-state index in [2.05, 4.69) is 25.7 Å². The van der Waals surface area contributed by atoms with Crippen molar-refractivity contribution in [3.05, 3.63) is 53.4 Å². The Balaban J connectivity index is 1.47. The van der Waals surface area contributed by atoms with Crippen LogP contribution >= 0.6 is 12.2 Å². The number of aromatic amines is 2. The molecular formula is C20H20N6O2S. The Hall–Kier alpha value is -3.46. The molecule has 2 aromatic heterocycles. The largest absolute Gasteiger partial charge is 0.494 e. The van der Waals surface area contributed by atoms with Crippen LogP contribution in [0.15, 0.2) is 48.7 Å². The number of rotatable bonds is 7. The molecule has 0 unspecified atom stereocenters. The highest BCUT2D eigenvalue weighted by molar-refractivity contribution is 7.71. The first kappa shape index (κ1) is 18.9. The van der Waals surface area contributed by atoms with Crippen LogP contribution < -0.4 is 10.1 Å². The summed E-state index contributed by atoms with van der Waals surface area (Å²) in [4.78, 5) is 12.5.